The summed E-state index contributed by atoms with van der Waals surface area (Å²) in [6.07, 6.45) is -2.93. The van der Waals surface area contributed by atoms with Crippen LogP contribution in [-0.2, 0) is 19.1 Å². The van der Waals surface area contributed by atoms with E-state index in [1.165, 1.54) is 18.2 Å². The largest absolute Gasteiger partial charge is 0.573 e. The van der Waals surface area contributed by atoms with Gasteiger partial charge in [0.25, 0.3) is 0 Å². The minimum atomic E-state index is -4.81. The van der Waals surface area contributed by atoms with Crippen molar-refractivity contribution in [3.63, 3.8) is 0 Å². The first kappa shape index (κ1) is 20.2. The standard InChI is InChI=1S/C16H15F3O6/c1-2-14(21)23-9-12(20)10-24-15(22)7-6-11-4-3-5-13(8-11)25-16(17,18)19/h2-8,12,20H,1,9-10H2/b7-6+. The van der Waals surface area contributed by atoms with Crippen LogP contribution in [0.4, 0.5) is 13.2 Å². The van der Waals surface area contributed by atoms with Crippen LogP contribution in [0.15, 0.2) is 43.0 Å². The smallest absolute Gasteiger partial charge is 0.460 e. The summed E-state index contributed by atoms with van der Waals surface area (Å²) < 4.78 is 49.4. The molecule has 0 aliphatic rings. The van der Waals surface area contributed by atoms with Gasteiger partial charge in [0.15, 0.2) is 0 Å². The Balaban J connectivity index is 2.47. The van der Waals surface area contributed by atoms with Crippen LogP contribution in [0.3, 0.4) is 0 Å². The number of ether oxygens (including phenoxy) is 3. The molecule has 1 aromatic carbocycles. The summed E-state index contributed by atoms with van der Waals surface area (Å²) in [7, 11) is 0. The van der Waals surface area contributed by atoms with Crippen LogP contribution in [0.1, 0.15) is 5.56 Å². The van der Waals surface area contributed by atoms with Gasteiger partial charge in [-0.3, -0.25) is 0 Å². The minimum absolute atomic E-state index is 0.277. The van der Waals surface area contributed by atoms with E-state index in [0.717, 1.165) is 24.3 Å². The van der Waals surface area contributed by atoms with Crippen molar-refractivity contribution in [1.82, 2.24) is 0 Å². The lowest BCUT2D eigenvalue weighted by molar-refractivity contribution is -0.274. The lowest BCUT2D eigenvalue weighted by Gasteiger charge is -2.10. The Bertz CT molecular complexity index is 639. The van der Waals surface area contributed by atoms with Crippen molar-refractivity contribution in [1.29, 1.82) is 0 Å². The molecule has 0 radical (unpaired) electrons. The molecule has 0 bridgehead atoms. The van der Waals surface area contributed by atoms with E-state index in [9.17, 15) is 27.9 Å². The van der Waals surface area contributed by atoms with Gasteiger partial charge >= 0.3 is 18.3 Å². The third-order valence-electron chi connectivity index (χ3n) is 2.51. The van der Waals surface area contributed by atoms with Crippen molar-refractivity contribution >= 4 is 18.0 Å². The molecule has 1 rings (SSSR count). The topological polar surface area (TPSA) is 82.1 Å². The fourth-order valence-electron chi connectivity index (χ4n) is 1.49. The number of hydrogen-bond acceptors (Lipinski definition) is 6. The van der Waals surface area contributed by atoms with Gasteiger partial charge in [-0.2, -0.15) is 0 Å². The number of aliphatic hydroxyl groups excluding tert-OH is 1. The monoisotopic (exact) mass is 360 g/mol. The van der Waals surface area contributed by atoms with Crippen LogP contribution in [0, 0.1) is 0 Å². The first-order chi connectivity index (χ1) is 11.7. The highest BCUT2D eigenvalue weighted by atomic mass is 19.4. The van der Waals surface area contributed by atoms with Crippen LogP contribution < -0.4 is 4.74 Å². The summed E-state index contributed by atoms with van der Waals surface area (Å²) in [5, 5.41) is 9.44. The van der Waals surface area contributed by atoms with Gasteiger partial charge in [0.2, 0.25) is 0 Å². The molecule has 0 saturated carbocycles. The Morgan fingerprint density at radius 1 is 1.20 bits per heavy atom. The van der Waals surface area contributed by atoms with Crippen molar-refractivity contribution in [2.24, 2.45) is 0 Å². The zero-order chi connectivity index (χ0) is 18.9. The third-order valence-corrected chi connectivity index (χ3v) is 2.51. The molecule has 1 atom stereocenters. The van der Waals surface area contributed by atoms with Crippen LogP contribution >= 0.6 is 0 Å². The lowest BCUT2D eigenvalue weighted by Crippen LogP contribution is -2.24. The molecular formula is C16H15F3O6. The maximum absolute atomic E-state index is 12.1. The second kappa shape index (κ2) is 9.48. The Labute approximate surface area is 141 Å². The Kier molecular flexibility index (Phi) is 7.67. The number of alkyl halides is 3. The van der Waals surface area contributed by atoms with Crippen LogP contribution in [0.5, 0.6) is 5.75 Å². The number of carbonyl (C=O) groups excluding carboxylic acids is 2. The highest BCUT2D eigenvalue weighted by Gasteiger charge is 2.31. The first-order valence-corrected chi connectivity index (χ1v) is 6.87. The van der Waals surface area contributed by atoms with Gasteiger partial charge in [-0.15, -0.1) is 13.2 Å². The summed E-state index contributed by atoms with van der Waals surface area (Å²) in [5.74, 6) is -2.00. The number of benzene rings is 1. The average molecular weight is 360 g/mol. The van der Waals surface area contributed by atoms with Gasteiger partial charge in [-0.05, 0) is 23.8 Å². The van der Waals surface area contributed by atoms with E-state index in [4.69, 9.17) is 4.74 Å². The lowest BCUT2D eigenvalue weighted by atomic mass is 10.2. The molecule has 0 fully saturated rings. The SMILES string of the molecule is C=CC(=O)OCC(O)COC(=O)/C=C/c1cccc(OC(F)(F)F)c1. The summed E-state index contributed by atoms with van der Waals surface area (Å²) in [4.78, 5) is 22.3. The number of halogens is 3. The van der Waals surface area contributed by atoms with Crippen molar-refractivity contribution in [2.75, 3.05) is 13.2 Å². The zero-order valence-electron chi connectivity index (χ0n) is 12.9. The quantitative estimate of drug-likeness (QED) is 0.566. The van der Waals surface area contributed by atoms with Gasteiger partial charge in [0, 0.05) is 12.2 Å². The molecular weight excluding hydrogens is 345 g/mol. The third kappa shape index (κ3) is 9.16. The van der Waals surface area contributed by atoms with E-state index in [-0.39, 0.29) is 12.2 Å². The second-order valence-corrected chi connectivity index (χ2v) is 4.57. The molecule has 1 aromatic rings. The fourth-order valence-corrected chi connectivity index (χ4v) is 1.49. The van der Waals surface area contributed by atoms with Crippen LogP contribution in [-0.4, -0.2) is 42.7 Å². The summed E-state index contributed by atoms with van der Waals surface area (Å²) in [6.45, 7) is 2.37. The first-order valence-electron chi connectivity index (χ1n) is 6.87. The van der Waals surface area contributed by atoms with Gasteiger partial charge in [-0.25, -0.2) is 9.59 Å². The van der Waals surface area contributed by atoms with Gasteiger partial charge in [0.1, 0.15) is 25.1 Å². The molecule has 0 aliphatic heterocycles. The Morgan fingerprint density at radius 3 is 2.44 bits per heavy atom. The second-order valence-electron chi connectivity index (χ2n) is 4.57. The van der Waals surface area contributed by atoms with Gasteiger partial charge in [-0.1, -0.05) is 18.7 Å². The summed E-state index contributed by atoms with van der Waals surface area (Å²) in [6, 6.07) is 4.98. The predicted molar refractivity (Wildman–Crippen MR) is 80.3 cm³/mol. The summed E-state index contributed by atoms with van der Waals surface area (Å²) in [5.41, 5.74) is 0.277. The van der Waals surface area contributed by atoms with Crippen molar-refractivity contribution < 1.29 is 42.1 Å². The maximum Gasteiger partial charge on any atom is 0.573 e. The molecule has 0 aromatic heterocycles. The molecule has 9 heteroatoms. The number of hydrogen-bond donors (Lipinski definition) is 1. The van der Waals surface area contributed by atoms with Gasteiger partial charge < -0.3 is 19.3 Å². The highest BCUT2D eigenvalue weighted by molar-refractivity contribution is 5.87. The van der Waals surface area contributed by atoms with Crippen molar-refractivity contribution in [3.8, 4) is 5.75 Å². The van der Waals surface area contributed by atoms with Crippen molar-refractivity contribution in [2.45, 2.75) is 12.5 Å². The molecule has 0 saturated heterocycles. The van der Waals surface area contributed by atoms with Crippen LogP contribution in [0.2, 0.25) is 0 Å². The molecule has 136 valence electrons. The number of esters is 2. The Morgan fingerprint density at radius 2 is 1.84 bits per heavy atom. The molecule has 0 heterocycles. The van der Waals surface area contributed by atoms with E-state index in [2.05, 4.69) is 16.1 Å². The minimum Gasteiger partial charge on any atom is -0.460 e. The van der Waals surface area contributed by atoms with E-state index in [1.54, 1.807) is 0 Å². The average Bonchev–Trinajstić information content (AvgIpc) is 2.54. The van der Waals surface area contributed by atoms with Crippen molar-refractivity contribution in [3.05, 3.63) is 48.6 Å². The van der Waals surface area contributed by atoms with E-state index in [0.29, 0.717) is 0 Å². The van der Waals surface area contributed by atoms with E-state index < -0.39 is 36.8 Å². The Hall–Kier alpha value is -2.81. The molecule has 25 heavy (non-hydrogen) atoms. The molecule has 1 unspecified atom stereocenters. The highest BCUT2D eigenvalue weighted by Crippen LogP contribution is 2.23. The van der Waals surface area contributed by atoms with E-state index in [1.807, 2.05) is 0 Å². The molecule has 0 aliphatic carbocycles. The molecule has 0 amide bonds. The van der Waals surface area contributed by atoms with Gasteiger partial charge in [0.05, 0.1) is 0 Å². The zero-order valence-corrected chi connectivity index (χ0v) is 12.9. The number of carbonyl (C=O) groups is 2. The molecule has 1 N–H and O–H groups in total. The number of aliphatic hydroxyl groups is 1. The number of rotatable bonds is 8. The molecule has 6 nitrogen and oxygen atoms in total. The van der Waals surface area contributed by atoms with Crippen LogP contribution in [0.25, 0.3) is 6.08 Å². The summed E-state index contributed by atoms with van der Waals surface area (Å²) >= 11 is 0. The molecule has 0 spiro atoms. The fraction of sp³-hybridized carbons (Fsp3) is 0.250. The normalized spacial score (nSPS) is 12.5. The van der Waals surface area contributed by atoms with E-state index >= 15 is 0 Å². The predicted octanol–water partition coefficient (Wildman–Crippen LogP) is 2.23. The maximum atomic E-state index is 12.1.